The van der Waals surface area contributed by atoms with Crippen LogP contribution in [0.25, 0.3) is 0 Å². The Kier molecular flexibility index (Phi) is 5.19. The minimum Gasteiger partial charge on any atom is -0.492 e. The van der Waals surface area contributed by atoms with Gasteiger partial charge in [-0.15, -0.1) is 0 Å². The lowest BCUT2D eigenvalue weighted by atomic mass is 10.1. The molecule has 2 heterocycles. The van der Waals surface area contributed by atoms with Crippen molar-refractivity contribution in [2.75, 3.05) is 29.2 Å². The van der Waals surface area contributed by atoms with E-state index >= 15 is 0 Å². The number of hydrogen-bond acceptors (Lipinski definition) is 6. The molecule has 11 heteroatoms. The maximum atomic E-state index is 14.5. The van der Waals surface area contributed by atoms with Crippen LogP contribution in [0.3, 0.4) is 0 Å². The lowest BCUT2D eigenvalue weighted by Crippen LogP contribution is -2.34. The number of rotatable bonds is 7. The zero-order valence-electron chi connectivity index (χ0n) is 17.2. The second-order valence-electron chi connectivity index (χ2n) is 7.48. The quantitative estimate of drug-likeness (QED) is 0.597. The van der Waals surface area contributed by atoms with E-state index in [0.717, 1.165) is 30.0 Å². The average Bonchev–Trinajstić information content (AvgIpc) is 3.57. The third kappa shape index (κ3) is 3.49. The predicted molar refractivity (Wildman–Crippen MR) is 111 cm³/mol. The number of ether oxygens (including phenoxy) is 1. The SMILES string of the molecule is CCN1C(=O)C(F)(F)c2ccc(Nc3cc(NC(=O)C4CC4)ncc3C(=O)O)c(OC)c21. The molecular formula is C21H20F2N4O5. The van der Waals surface area contributed by atoms with Crippen molar-refractivity contribution in [3.63, 3.8) is 0 Å². The molecule has 3 N–H and O–H groups in total. The molecule has 4 rings (SSSR count). The van der Waals surface area contributed by atoms with Gasteiger partial charge < -0.3 is 25.4 Å². The number of carbonyl (C=O) groups is 3. The molecule has 1 aliphatic heterocycles. The minimum atomic E-state index is -3.69. The first-order valence-corrected chi connectivity index (χ1v) is 9.91. The van der Waals surface area contributed by atoms with Gasteiger partial charge in [0.05, 0.1) is 29.7 Å². The van der Waals surface area contributed by atoms with E-state index < -0.39 is 23.4 Å². The second-order valence-corrected chi connectivity index (χ2v) is 7.48. The summed E-state index contributed by atoms with van der Waals surface area (Å²) < 4.78 is 34.3. The van der Waals surface area contributed by atoms with E-state index in [2.05, 4.69) is 15.6 Å². The Morgan fingerprint density at radius 1 is 1.31 bits per heavy atom. The molecule has 168 valence electrons. The number of carboxylic acid groups (broad SMARTS) is 1. The maximum Gasteiger partial charge on any atom is 0.352 e. The molecule has 9 nitrogen and oxygen atoms in total. The van der Waals surface area contributed by atoms with E-state index in [-0.39, 0.29) is 52.6 Å². The van der Waals surface area contributed by atoms with Gasteiger partial charge in [-0.25, -0.2) is 9.78 Å². The van der Waals surface area contributed by atoms with Crippen LogP contribution in [0.2, 0.25) is 0 Å². The van der Waals surface area contributed by atoms with E-state index in [4.69, 9.17) is 4.74 Å². The highest BCUT2D eigenvalue weighted by Gasteiger charge is 2.54. The number of benzene rings is 1. The molecule has 1 fully saturated rings. The number of methoxy groups -OCH3 is 1. The largest absolute Gasteiger partial charge is 0.492 e. The molecule has 0 unspecified atom stereocenters. The maximum absolute atomic E-state index is 14.5. The van der Waals surface area contributed by atoms with Crippen LogP contribution in [0.5, 0.6) is 5.75 Å². The van der Waals surface area contributed by atoms with Gasteiger partial charge in [0, 0.05) is 24.7 Å². The number of aromatic nitrogens is 1. The van der Waals surface area contributed by atoms with Crippen LogP contribution >= 0.6 is 0 Å². The topological polar surface area (TPSA) is 121 Å². The molecule has 32 heavy (non-hydrogen) atoms. The number of aromatic carboxylic acids is 1. The van der Waals surface area contributed by atoms with Crippen molar-refractivity contribution < 1.29 is 33.0 Å². The van der Waals surface area contributed by atoms with E-state index in [1.807, 2.05) is 0 Å². The number of halogens is 2. The highest BCUT2D eigenvalue weighted by Crippen LogP contribution is 2.51. The number of fused-ring (bicyclic) bond motifs is 1. The van der Waals surface area contributed by atoms with Crippen LogP contribution in [0.1, 0.15) is 35.7 Å². The standard InChI is InChI=1S/C21H20F2N4O5/c1-3-27-16-12(21(22,23)20(27)31)6-7-13(17(16)32-2)25-14-8-15(24-9-11(14)19(29)30)26-18(28)10-4-5-10/h6-10H,3-5H2,1-2H3,(H,29,30)(H2,24,25,26,28). The molecule has 2 aliphatic rings. The van der Waals surface area contributed by atoms with Crippen molar-refractivity contribution in [1.29, 1.82) is 0 Å². The summed E-state index contributed by atoms with van der Waals surface area (Å²) in [6, 6.07) is 3.73. The Morgan fingerprint density at radius 2 is 2.03 bits per heavy atom. The average molecular weight is 446 g/mol. The first-order valence-electron chi connectivity index (χ1n) is 9.91. The molecule has 0 spiro atoms. The van der Waals surface area contributed by atoms with Gasteiger partial charge in [-0.3, -0.25) is 9.59 Å². The summed E-state index contributed by atoms with van der Waals surface area (Å²) >= 11 is 0. The van der Waals surface area contributed by atoms with Crippen molar-refractivity contribution in [3.05, 3.63) is 35.5 Å². The Balaban J connectivity index is 1.76. The van der Waals surface area contributed by atoms with Crippen molar-refractivity contribution in [2.24, 2.45) is 5.92 Å². The van der Waals surface area contributed by atoms with E-state index in [0.29, 0.717) is 0 Å². The fraction of sp³-hybridized carbons (Fsp3) is 0.333. The smallest absolute Gasteiger partial charge is 0.352 e. The lowest BCUT2D eigenvalue weighted by molar-refractivity contribution is -0.141. The highest BCUT2D eigenvalue weighted by molar-refractivity contribution is 6.09. The fourth-order valence-corrected chi connectivity index (χ4v) is 3.60. The highest BCUT2D eigenvalue weighted by atomic mass is 19.3. The Morgan fingerprint density at radius 3 is 2.62 bits per heavy atom. The fourth-order valence-electron chi connectivity index (χ4n) is 3.60. The number of pyridine rings is 1. The van der Waals surface area contributed by atoms with Crippen LogP contribution in [0.15, 0.2) is 24.4 Å². The molecular weight excluding hydrogens is 426 g/mol. The molecule has 2 aromatic rings. The van der Waals surface area contributed by atoms with Gasteiger partial charge in [-0.1, -0.05) is 0 Å². The monoisotopic (exact) mass is 446 g/mol. The number of anilines is 4. The predicted octanol–water partition coefficient (Wildman–Crippen LogP) is 3.34. The Labute approximate surface area is 181 Å². The number of carboxylic acids is 1. The van der Waals surface area contributed by atoms with E-state index in [1.54, 1.807) is 6.92 Å². The molecule has 0 saturated heterocycles. The summed E-state index contributed by atoms with van der Waals surface area (Å²) in [6.07, 6.45) is 2.66. The van der Waals surface area contributed by atoms with Crippen LogP contribution in [0.4, 0.5) is 31.7 Å². The number of likely N-dealkylation sites (N-methyl/N-ethyl adjacent to an activating group) is 1. The number of hydrogen-bond donors (Lipinski definition) is 3. The zero-order chi connectivity index (χ0) is 23.2. The van der Waals surface area contributed by atoms with Gasteiger partial charge in [0.1, 0.15) is 11.4 Å². The summed E-state index contributed by atoms with van der Waals surface area (Å²) in [5.74, 6) is -6.51. The normalized spacial score (nSPS) is 16.5. The minimum absolute atomic E-state index is 0.00574. The van der Waals surface area contributed by atoms with Crippen LogP contribution in [0, 0.1) is 5.92 Å². The van der Waals surface area contributed by atoms with Crippen LogP contribution < -0.4 is 20.3 Å². The van der Waals surface area contributed by atoms with Crippen LogP contribution in [-0.2, 0) is 15.5 Å². The molecule has 0 bridgehead atoms. The lowest BCUT2D eigenvalue weighted by Gasteiger charge is -2.20. The number of carbonyl (C=O) groups excluding carboxylic acids is 2. The molecule has 1 aromatic carbocycles. The second kappa shape index (κ2) is 7.74. The summed E-state index contributed by atoms with van der Waals surface area (Å²) in [4.78, 5) is 40.8. The number of alkyl halides is 2. The molecule has 1 saturated carbocycles. The van der Waals surface area contributed by atoms with Crippen molar-refractivity contribution in [1.82, 2.24) is 4.98 Å². The van der Waals surface area contributed by atoms with Gasteiger partial charge in [0.25, 0.3) is 0 Å². The summed E-state index contributed by atoms with van der Waals surface area (Å²) in [5, 5.41) is 15.0. The van der Waals surface area contributed by atoms with Crippen molar-refractivity contribution in [2.45, 2.75) is 25.7 Å². The van der Waals surface area contributed by atoms with Crippen molar-refractivity contribution >= 4 is 40.7 Å². The van der Waals surface area contributed by atoms with Crippen molar-refractivity contribution in [3.8, 4) is 5.75 Å². The number of nitrogens with zero attached hydrogens (tertiary/aromatic N) is 2. The number of nitrogens with one attached hydrogen (secondary N) is 2. The third-order valence-electron chi connectivity index (χ3n) is 5.38. The van der Waals surface area contributed by atoms with Gasteiger partial charge in [0.2, 0.25) is 5.91 Å². The molecule has 0 radical (unpaired) electrons. The first-order chi connectivity index (χ1) is 15.2. The summed E-state index contributed by atoms with van der Waals surface area (Å²) in [6.45, 7) is 1.55. The van der Waals surface area contributed by atoms with Gasteiger partial charge in [-0.2, -0.15) is 8.78 Å². The zero-order valence-corrected chi connectivity index (χ0v) is 17.2. The molecule has 2 amide bonds. The summed E-state index contributed by atoms with van der Waals surface area (Å²) in [7, 11) is 1.27. The van der Waals surface area contributed by atoms with E-state index in [9.17, 15) is 28.3 Å². The third-order valence-corrected chi connectivity index (χ3v) is 5.38. The molecule has 1 aliphatic carbocycles. The summed E-state index contributed by atoms with van der Waals surface area (Å²) in [5.41, 5.74) is -0.536. The van der Waals surface area contributed by atoms with Gasteiger partial charge >= 0.3 is 17.8 Å². The van der Waals surface area contributed by atoms with E-state index in [1.165, 1.54) is 19.2 Å². The Bertz CT molecular complexity index is 1130. The molecule has 1 aromatic heterocycles. The molecule has 0 atom stereocenters. The number of amides is 2. The van der Waals surface area contributed by atoms with Crippen LogP contribution in [-0.4, -0.2) is 41.5 Å². The van der Waals surface area contributed by atoms with Gasteiger partial charge in [0.15, 0.2) is 5.75 Å². The van der Waals surface area contributed by atoms with Gasteiger partial charge in [-0.05, 0) is 31.9 Å². The first kappa shape index (κ1) is 21.5. The Hall–Kier alpha value is -3.76.